The van der Waals surface area contributed by atoms with Crippen LogP contribution < -0.4 is 15.4 Å². The second-order valence-electron chi connectivity index (χ2n) is 8.25. The van der Waals surface area contributed by atoms with Gasteiger partial charge in [0.1, 0.15) is 22.5 Å². The molecule has 3 aromatic carbocycles. The molecule has 1 fully saturated rings. The molecule has 0 saturated carbocycles. The lowest BCUT2D eigenvalue weighted by Crippen LogP contribution is -2.48. The molecule has 1 atom stereocenters. The molecule has 0 unspecified atom stereocenters. The van der Waals surface area contributed by atoms with E-state index < -0.39 is 39.4 Å². The maximum atomic E-state index is 13.2. The van der Waals surface area contributed by atoms with Crippen molar-refractivity contribution in [3.05, 3.63) is 89.7 Å². The Balaban J connectivity index is 1.50. The third-order valence-electron chi connectivity index (χ3n) is 5.49. The maximum absolute atomic E-state index is 13.2. The second kappa shape index (κ2) is 10.9. The van der Waals surface area contributed by atoms with Crippen molar-refractivity contribution in [1.82, 2.24) is 10.0 Å². The molecule has 0 bridgehead atoms. The van der Waals surface area contributed by atoms with Gasteiger partial charge in [-0.1, -0.05) is 30.3 Å². The van der Waals surface area contributed by atoms with E-state index in [0.29, 0.717) is 0 Å². The fraction of sp³-hybridized carbons (Fsp3) is 0.200. The van der Waals surface area contributed by atoms with Crippen LogP contribution in [0.4, 0.5) is 10.1 Å². The van der Waals surface area contributed by atoms with Gasteiger partial charge in [0, 0.05) is 23.7 Å². The van der Waals surface area contributed by atoms with E-state index in [4.69, 9.17) is 4.74 Å². The summed E-state index contributed by atoms with van der Waals surface area (Å²) in [4.78, 5) is 25.5. The Hall–Kier alpha value is -3.80. The molecule has 0 radical (unpaired) electrons. The molecular formula is C25H24FN3O6S. The minimum absolute atomic E-state index is 0.137. The number of sulfonamides is 1. The summed E-state index contributed by atoms with van der Waals surface area (Å²) in [6, 6.07) is 16.2. The van der Waals surface area contributed by atoms with Gasteiger partial charge in [-0.3, -0.25) is 9.59 Å². The smallest absolute Gasteiger partial charge is 0.251 e. The Bertz CT molecular complexity index is 1350. The molecule has 36 heavy (non-hydrogen) atoms. The Morgan fingerprint density at radius 2 is 1.72 bits per heavy atom. The number of rotatable bonds is 9. The SMILES string of the molecule is O=C(N[C@@H](Cc1ccccc1)C(=O)Nc1ccc(S(=O)(=O)NC2COC2)c(O)c1)c1ccc(F)cc1. The summed E-state index contributed by atoms with van der Waals surface area (Å²) < 4.78 is 45.6. The third kappa shape index (κ3) is 6.25. The first-order valence-corrected chi connectivity index (χ1v) is 12.5. The van der Waals surface area contributed by atoms with Crippen molar-refractivity contribution < 1.29 is 32.2 Å². The number of ether oxygens (including phenoxy) is 1. The fourth-order valence-electron chi connectivity index (χ4n) is 3.54. The highest BCUT2D eigenvalue weighted by atomic mass is 32.2. The predicted molar refractivity (Wildman–Crippen MR) is 129 cm³/mol. The number of anilines is 1. The topological polar surface area (TPSA) is 134 Å². The number of carbonyl (C=O) groups excluding carboxylic acids is 2. The van der Waals surface area contributed by atoms with Crippen LogP contribution in [-0.4, -0.2) is 50.6 Å². The van der Waals surface area contributed by atoms with Crippen molar-refractivity contribution in [3.8, 4) is 5.75 Å². The molecular weight excluding hydrogens is 489 g/mol. The van der Waals surface area contributed by atoms with E-state index in [1.807, 2.05) is 6.07 Å². The van der Waals surface area contributed by atoms with Gasteiger partial charge in [0.25, 0.3) is 5.91 Å². The fourth-order valence-corrected chi connectivity index (χ4v) is 4.82. The molecule has 4 N–H and O–H groups in total. The van der Waals surface area contributed by atoms with Gasteiger partial charge in [-0.25, -0.2) is 17.5 Å². The van der Waals surface area contributed by atoms with Gasteiger partial charge in [-0.05, 0) is 42.0 Å². The van der Waals surface area contributed by atoms with Crippen molar-refractivity contribution >= 4 is 27.5 Å². The minimum Gasteiger partial charge on any atom is -0.506 e. The van der Waals surface area contributed by atoms with Crippen LogP contribution in [0.2, 0.25) is 0 Å². The number of aromatic hydroxyl groups is 1. The van der Waals surface area contributed by atoms with Crippen LogP contribution in [0.15, 0.2) is 77.7 Å². The largest absolute Gasteiger partial charge is 0.506 e. The standard InChI is InChI=1S/C25H24FN3O6S/c26-18-8-6-17(7-9-18)24(31)28-21(12-16-4-2-1-3-5-16)25(32)27-19-10-11-23(22(30)13-19)36(33,34)29-20-14-35-15-20/h1-11,13,20-21,29-30H,12,14-15H2,(H,27,32)(H,28,31)/t21-/m0/s1. The summed E-state index contributed by atoms with van der Waals surface area (Å²) in [6.07, 6.45) is 0.158. The molecule has 1 heterocycles. The monoisotopic (exact) mass is 513 g/mol. The molecule has 9 nitrogen and oxygen atoms in total. The summed E-state index contributed by atoms with van der Waals surface area (Å²) in [5.41, 5.74) is 1.10. The number of amides is 2. The van der Waals surface area contributed by atoms with Crippen LogP contribution in [0.5, 0.6) is 5.75 Å². The second-order valence-corrected chi connectivity index (χ2v) is 9.93. The molecule has 0 spiro atoms. The Morgan fingerprint density at radius 1 is 1.03 bits per heavy atom. The number of phenols is 1. The number of benzene rings is 3. The molecule has 3 aromatic rings. The number of nitrogens with one attached hydrogen (secondary N) is 3. The first-order chi connectivity index (χ1) is 17.2. The van der Waals surface area contributed by atoms with E-state index in [-0.39, 0.29) is 41.8 Å². The number of halogens is 1. The van der Waals surface area contributed by atoms with E-state index in [1.165, 1.54) is 24.3 Å². The van der Waals surface area contributed by atoms with Crippen LogP contribution in [0, 0.1) is 5.82 Å². The highest BCUT2D eigenvalue weighted by Gasteiger charge is 2.28. The van der Waals surface area contributed by atoms with Gasteiger partial charge in [0.2, 0.25) is 15.9 Å². The van der Waals surface area contributed by atoms with Crippen molar-refractivity contribution in [2.45, 2.75) is 23.4 Å². The normalized spacial score (nSPS) is 14.5. The summed E-state index contributed by atoms with van der Waals surface area (Å²) >= 11 is 0. The molecule has 1 aliphatic rings. The zero-order valence-corrected chi connectivity index (χ0v) is 19.8. The van der Waals surface area contributed by atoms with Crippen molar-refractivity contribution in [1.29, 1.82) is 0 Å². The van der Waals surface area contributed by atoms with Gasteiger partial charge in [-0.15, -0.1) is 0 Å². The molecule has 0 aliphatic carbocycles. The lowest BCUT2D eigenvalue weighted by atomic mass is 10.0. The van der Waals surface area contributed by atoms with Gasteiger partial charge in [0.05, 0.1) is 19.3 Å². The van der Waals surface area contributed by atoms with Crippen LogP contribution in [0.25, 0.3) is 0 Å². The first kappa shape index (κ1) is 25.3. The van der Waals surface area contributed by atoms with E-state index in [9.17, 15) is 27.5 Å². The Labute approximate surface area is 207 Å². The van der Waals surface area contributed by atoms with E-state index in [2.05, 4.69) is 15.4 Å². The lowest BCUT2D eigenvalue weighted by molar-refractivity contribution is -0.118. The highest BCUT2D eigenvalue weighted by Crippen LogP contribution is 2.27. The average Bonchev–Trinajstić information content (AvgIpc) is 2.82. The van der Waals surface area contributed by atoms with E-state index >= 15 is 0 Å². The van der Waals surface area contributed by atoms with Crippen LogP contribution in [0.1, 0.15) is 15.9 Å². The van der Waals surface area contributed by atoms with Gasteiger partial charge < -0.3 is 20.5 Å². The number of hydrogen-bond acceptors (Lipinski definition) is 6. The van der Waals surface area contributed by atoms with Crippen molar-refractivity contribution in [2.24, 2.45) is 0 Å². The van der Waals surface area contributed by atoms with Crippen molar-refractivity contribution in [3.63, 3.8) is 0 Å². The van der Waals surface area contributed by atoms with Crippen LogP contribution in [-0.2, 0) is 26.0 Å². The van der Waals surface area contributed by atoms with Crippen LogP contribution >= 0.6 is 0 Å². The summed E-state index contributed by atoms with van der Waals surface area (Å²) in [7, 11) is -3.98. The maximum Gasteiger partial charge on any atom is 0.251 e. The van der Waals surface area contributed by atoms with Gasteiger partial charge >= 0.3 is 0 Å². The molecule has 11 heteroatoms. The summed E-state index contributed by atoms with van der Waals surface area (Å²) in [5, 5.41) is 15.6. The van der Waals surface area contributed by atoms with E-state index in [0.717, 1.165) is 23.8 Å². The highest BCUT2D eigenvalue weighted by molar-refractivity contribution is 7.89. The molecule has 1 aliphatic heterocycles. The quantitative estimate of drug-likeness (QED) is 0.347. The van der Waals surface area contributed by atoms with Crippen molar-refractivity contribution in [2.75, 3.05) is 18.5 Å². The minimum atomic E-state index is -3.98. The molecule has 1 saturated heterocycles. The Morgan fingerprint density at radius 3 is 2.33 bits per heavy atom. The molecule has 0 aromatic heterocycles. The summed E-state index contributed by atoms with van der Waals surface area (Å²) in [6.45, 7) is 0.501. The molecule has 188 valence electrons. The predicted octanol–water partition coefficient (Wildman–Crippen LogP) is 2.19. The molecule has 2 amide bonds. The van der Waals surface area contributed by atoms with Crippen LogP contribution in [0.3, 0.4) is 0 Å². The number of phenolic OH excluding ortho intramolecular Hbond substituents is 1. The molecule has 4 rings (SSSR count). The average molecular weight is 514 g/mol. The van der Waals surface area contributed by atoms with Gasteiger partial charge in [0.15, 0.2) is 0 Å². The van der Waals surface area contributed by atoms with Gasteiger partial charge in [-0.2, -0.15) is 0 Å². The number of hydrogen-bond donors (Lipinski definition) is 4. The third-order valence-corrected chi connectivity index (χ3v) is 7.05. The zero-order valence-electron chi connectivity index (χ0n) is 19.0. The number of carbonyl (C=O) groups is 2. The zero-order chi connectivity index (χ0) is 25.7. The first-order valence-electron chi connectivity index (χ1n) is 11.1. The van der Waals surface area contributed by atoms with E-state index in [1.54, 1.807) is 24.3 Å². The Kier molecular flexibility index (Phi) is 7.63. The lowest BCUT2D eigenvalue weighted by Gasteiger charge is -2.26. The summed E-state index contributed by atoms with van der Waals surface area (Å²) in [5.74, 6) is -2.20.